The van der Waals surface area contributed by atoms with Crippen LogP contribution in [0.1, 0.15) is 32.3 Å². The molecular weight excluding hydrogens is 264 g/mol. The molecule has 0 bridgehead atoms. The van der Waals surface area contributed by atoms with Crippen molar-refractivity contribution in [1.82, 2.24) is 5.32 Å². The van der Waals surface area contributed by atoms with Crippen LogP contribution in [0.5, 0.6) is 0 Å². The maximum absolute atomic E-state index is 12.6. The molecule has 4 heteroatoms. The minimum atomic E-state index is -0.0314. The first kappa shape index (κ1) is 15.8. The van der Waals surface area contributed by atoms with Gasteiger partial charge < -0.3 is 15.4 Å². The lowest BCUT2D eigenvalue weighted by Gasteiger charge is -2.32. The molecule has 1 heterocycles. The van der Waals surface area contributed by atoms with Crippen LogP contribution in [0, 0.1) is 5.92 Å². The molecule has 1 amide bonds. The van der Waals surface area contributed by atoms with E-state index in [1.54, 1.807) is 7.11 Å². The van der Waals surface area contributed by atoms with E-state index in [0.717, 1.165) is 24.9 Å². The number of rotatable bonds is 6. The van der Waals surface area contributed by atoms with Gasteiger partial charge in [-0.15, -0.1) is 0 Å². The lowest BCUT2D eigenvalue weighted by molar-refractivity contribution is -0.126. The first-order valence-corrected chi connectivity index (χ1v) is 7.79. The third-order valence-electron chi connectivity index (χ3n) is 4.13. The van der Waals surface area contributed by atoms with E-state index >= 15 is 0 Å². The number of methoxy groups -OCH3 is 1. The summed E-state index contributed by atoms with van der Waals surface area (Å²) < 4.78 is 5.20. The van der Waals surface area contributed by atoms with Crippen LogP contribution in [0.3, 0.4) is 0 Å². The van der Waals surface area contributed by atoms with Crippen molar-refractivity contribution in [3.05, 3.63) is 29.8 Å². The number of hydrogen-bond donors (Lipinski definition) is 2. The summed E-state index contributed by atoms with van der Waals surface area (Å²) in [6.45, 7) is 4.77. The molecule has 1 aromatic carbocycles. The third kappa shape index (κ3) is 3.97. The Balaban J connectivity index is 2.02. The highest BCUT2D eigenvalue weighted by Gasteiger charge is 2.31. The van der Waals surface area contributed by atoms with Crippen LogP contribution >= 0.6 is 0 Å². The lowest BCUT2D eigenvalue weighted by atomic mass is 9.87. The summed E-state index contributed by atoms with van der Waals surface area (Å²) in [7, 11) is 1.68. The molecular formula is C17H26N2O2. The number of ether oxygens (including phenoxy) is 1. The molecule has 3 atom stereocenters. The number of fused-ring (bicyclic) bond motifs is 1. The quantitative estimate of drug-likeness (QED) is 0.846. The smallest absolute Gasteiger partial charge is 0.225 e. The number of anilines is 1. The zero-order valence-corrected chi connectivity index (χ0v) is 13.2. The number of carbonyl (C=O) groups excluding carboxylic acids is 1. The van der Waals surface area contributed by atoms with Crippen LogP contribution in [0.4, 0.5) is 5.69 Å². The molecule has 0 fully saturated rings. The van der Waals surface area contributed by atoms with Crippen LogP contribution in [0.25, 0.3) is 0 Å². The first-order valence-electron chi connectivity index (χ1n) is 7.79. The van der Waals surface area contributed by atoms with Gasteiger partial charge in [-0.25, -0.2) is 0 Å². The number of carbonyl (C=O) groups is 1. The average Bonchev–Trinajstić information content (AvgIpc) is 2.47. The van der Waals surface area contributed by atoms with Crippen molar-refractivity contribution in [1.29, 1.82) is 0 Å². The maximum Gasteiger partial charge on any atom is 0.225 e. The van der Waals surface area contributed by atoms with Crippen molar-refractivity contribution in [2.75, 3.05) is 19.0 Å². The van der Waals surface area contributed by atoms with E-state index in [0.29, 0.717) is 6.61 Å². The fourth-order valence-corrected chi connectivity index (χ4v) is 2.97. The molecule has 2 N–H and O–H groups in total. The van der Waals surface area contributed by atoms with Crippen LogP contribution in [-0.2, 0) is 16.0 Å². The highest BCUT2D eigenvalue weighted by atomic mass is 16.5. The Kier molecular flexibility index (Phi) is 5.62. The Hall–Kier alpha value is -1.55. The molecule has 0 radical (unpaired) electrons. The van der Waals surface area contributed by atoms with Crippen LogP contribution in [0.2, 0.25) is 0 Å². The Morgan fingerprint density at radius 2 is 2.24 bits per heavy atom. The second kappa shape index (κ2) is 7.46. The Bertz CT molecular complexity index is 470. The molecule has 2 rings (SSSR count). The number of hydrogen-bond acceptors (Lipinski definition) is 3. The molecule has 3 unspecified atom stereocenters. The van der Waals surface area contributed by atoms with E-state index in [1.807, 2.05) is 12.1 Å². The van der Waals surface area contributed by atoms with E-state index in [2.05, 4.69) is 36.6 Å². The molecule has 1 aliphatic heterocycles. The Labute approximate surface area is 127 Å². The summed E-state index contributed by atoms with van der Waals surface area (Å²) in [5, 5.41) is 6.58. The molecule has 0 spiro atoms. The highest BCUT2D eigenvalue weighted by molar-refractivity contribution is 5.81. The van der Waals surface area contributed by atoms with Crippen molar-refractivity contribution >= 4 is 11.6 Å². The van der Waals surface area contributed by atoms with Crippen molar-refractivity contribution in [3.63, 3.8) is 0 Å². The summed E-state index contributed by atoms with van der Waals surface area (Å²) >= 11 is 0. The maximum atomic E-state index is 12.6. The number of nitrogens with one attached hydrogen (secondary N) is 2. The van der Waals surface area contributed by atoms with Crippen LogP contribution in [-0.4, -0.2) is 31.7 Å². The van der Waals surface area contributed by atoms with Gasteiger partial charge in [0.2, 0.25) is 5.91 Å². The van der Waals surface area contributed by atoms with Gasteiger partial charge >= 0.3 is 0 Å². The second-order valence-electron chi connectivity index (χ2n) is 5.85. The van der Waals surface area contributed by atoms with E-state index in [-0.39, 0.29) is 23.9 Å². The van der Waals surface area contributed by atoms with Crippen molar-refractivity contribution < 1.29 is 9.53 Å². The van der Waals surface area contributed by atoms with Gasteiger partial charge in [-0.1, -0.05) is 31.5 Å². The summed E-state index contributed by atoms with van der Waals surface area (Å²) in [6, 6.07) is 8.46. The zero-order valence-electron chi connectivity index (χ0n) is 13.2. The lowest BCUT2D eigenvalue weighted by Crippen LogP contribution is -2.47. The largest absolute Gasteiger partial charge is 0.383 e. The van der Waals surface area contributed by atoms with Crippen LogP contribution in [0.15, 0.2) is 24.3 Å². The molecule has 0 saturated heterocycles. The molecule has 0 aliphatic carbocycles. The molecule has 116 valence electrons. The predicted octanol–water partition coefficient (Wildman–Crippen LogP) is 2.59. The SMILES string of the molecule is CCCC(COC)NC(=O)C1Cc2ccccc2NC1C. The Morgan fingerprint density at radius 1 is 1.48 bits per heavy atom. The van der Waals surface area contributed by atoms with E-state index in [9.17, 15) is 4.79 Å². The minimum Gasteiger partial charge on any atom is -0.383 e. The predicted molar refractivity (Wildman–Crippen MR) is 85.4 cm³/mol. The fraction of sp³-hybridized carbons (Fsp3) is 0.588. The van der Waals surface area contributed by atoms with E-state index in [1.165, 1.54) is 5.56 Å². The summed E-state index contributed by atoms with van der Waals surface area (Å²) in [6.07, 6.45) is 2.78. The average molecular weight is 290 g/mol. The Morgan fingerprint density at radius 3 is 2.95 bits per heavy atom. The van der Waals surface area contributed by atoms with Gasteiger partial charge in [-0.2, -0.15) is 0 Å². The molecule has 0 saturated carbocycles. The summed E-state index contributed by atoms with van der Waals surface area (Å²) in [4.78, 5) is 12.6. The number of amides is 1. The molecule has 1 aliphatic rings. The second-order valence-corrected chi connectivity index (χ2v) is 5.85. The molecule has 1 aromatic rings. The molecule has 21 heavy (non-hydrogen) atoms. The third-order valence-corrected chi connectivity index (χ3v) is 4.13. The zero-order chi connectivity index (χ0) is 15.2. The fourth-order valence-electron chi connectivity index (χ4n) is 2.97. The molecule has 0 aromatic heterocycles. The normalized spacial score (nSPS) is 22.0. The van der Waals surface area contributed by atoms with Crippen LogP contribution < -0.4 is 10.6 Å². The van der Waals surface area contributed by atoms with Gasteiger partial charge in [-0.05, 0) is 31.4 Å². The van der Waals surface area contributed by atoms with Gasteiger partial charge in [0.1, 0.15) is 0 Å². The summed E-state index contributed by atoms with van der Waals surface area (Å²) in [5.74, 6) is 0.0936. The van der Waals surface area contributed by atoms with Gasteiger partial charge in [0.25, 0.3) is 0 Å². The van der Waals surface area contributed by atoms with Gasteiger partial charge in [0.05, 0.1) is 18.6 Å². The number of para-hydroxylation sites is 1. The van der Waals surface area contributed by atoms with E-state index in [4.69, 9.17) is 4.74 Å². The molecule has 4 nitrogen and oxygen atoms in total. The van der Waals surface area contributed by atoms with Crippen molar-refractivity contribution in [2.45, 2.75) is 45.2 Å². The van der Waals surface area contributed by atoms with Gasteiger partial charge in [0.15, 0.2) is 0 Å². The van der Waals surface area contributed by atoms with E-state index < -0.39 is 0 Å². The monoisotopic (exact) mass is 290 g/mol. The first-order chi connectivity index (χ1) is 10.2. The number of benzene rings is 1. The van der Waals surface area contributed by atoms with Gasteiger partial charge in [0, 0.05) is 18.8 Å². The minimum absolute atomic E-state index is 0.0314. The van der Waals surface area contributed by atoms with Crippen molar-refractivity contribution in [2.24, 2.45) is 5.92 Å². The highest BCUT2D eigenvalue weighted by Crippen LogP contribution is 2.28. The topological polar surface area (TPSA) is 50.4 Å². The van der Waals surface area contributed by atoms with Crippen molar-refractivity contribution in [3.8, 4) is 0 Å². The standard InChI is InChI=1S/C17H26N2O2/c1-4-7-14(11-21-3)19-17(20)15-10-13-8-5-6-9-16(13)18-12(15)2/h5-6,8-9,12,14-15,18H,4,7,10-11H2,1-3H3,(H,19,20). The van der Waals surface area contributed by atoms with Gasteiger partial charge in [-0.3, -0.25) is 4.79 Å². The summed E-state index contributed by atoms with van der Waals surface area (Å²) in [5.41, 5.74) is 2.37.